The lowest BCUT2D eigenvalue weighted by atomic mass is 9.97. The molecule has 1 amide bonds. The van der Waals surface area contributed by atoms with Crippen molar-refractivity contribution < 1.29 is 9.18 Å². The Bertz CT molecular complexity index is 506. The van der Waals surface area contributed by atoms with Gasteiger partial charge < -0.3 is 11.1 Å². The topological polar surface area (TPSA) is 55.1 Å². The van der Waals surface area contributed by atoms with Gasteiger partial charge in [0, 0.05) is 10.5 Å². The minimum Gasteiger partial charge on any atom is -0.396 e. The monoisotopic (exact) mass is 328 g/mol. The Morgan fingerprint density at radius 1 is 1.42 bits per heavy atom. The largest absolute Gasteiger partial charge is 0.396 e. The summed E-state index contributed by atoms with van der Waals surface area (Å²) in [6.07, 6.45) is 2.11. The Hall–Kier alpha value is -1.10. The molecule has 104 valence electrons. The van der Waals surface area contributed by atoms with Gasteiger partial charge in [-0.15, -0.1) is 0 Å². The summed E-state index contributed by atoms with van der Waals surface area (Å²) in [7, 11) is 0. The molecule has 0 aromatic heterocycles. The summed E-state index contributed by atoms with van der Waals surface area (Å²) >= 11 is 3.20. The third-order valence-corrected chi connectivity index (χ3v) is 4.77. The molecule has 1 aromatic rings. The fourth-order valence-corrected chi connectivity index (χ4v) is 3.05. The van der Waals surface area contributed by atoms with Crippen LogP contribution in [0.5, 0.6) is 0 Å². The first kappa shape index (κ1) is 14.3. The molecule has 1 aliphatic rings. The van der Waals surface area contributed by atoms with Gasteiger partial charge in [-0.1, -0.05) is 13.8 Å². The van der Waals surface area contributed by atoms with Crippen LogP contribution in [-0.2, 0) is 0 Å². The van der Waals surface area contributed by atoms with Crippen molar-refractivity contribution >= 4 is 27.5 Å². The first-order valence-electron chi connectivity index (χ1n) is 6.45. The molecule has 0 saturated heterocycles. The van der Waals surface area contributed by atoms with E-state index < -0.39 is 5.82 Å². The van der Waals surface area contributed by atoms with Crippen LogP contribution in [0.3, 0.4) is 0 Å². The second kappa shape index (κ2) is 5.49. The zero-order chi connectivity index (χ0) is 14.2. The van der Waals surface area contributed by atoms with Crippen LogP contribution in [0.2, 0.25) is 0 Å². The SMILES string of the molecule is CC1CCC(NC(=O)c2cc(N)c(F)cc2Br)C1C. The minimum absolute atomic E-state index is 0.0128. The number of halogens is 2. The van der Waals surface area contributed by atoms with Gasteiger partial charge in [-0.3, -0.25) is 4.79 Å². The van der Waals surface area contributed by atoms with Gasteiger partial charge in [0.05, 0.1) is 11.3 Å². The number of carbonyl (C=O) groups excluding carboxylic acids is 1. The second-order valence-electron chi connectivity index (χ2n) is 5.35. The summed E-state index contributed by atoms with van der Waals surface area (Å²) in [5.74, 6) is 0.350. The highest BCUT2D eigenvalue weighted by molar-refractivity contribution is 9.10. The van der Waals surface area contributed by atoms with Crippen molar-refractivity contribution in [2.45, 2.75) is 32.7 Å². The van der Waals surface area contributed by atoms with Gasteiger partial charge in [0.15, 0.2) is 0 Å². The van der Waals surface area contributed by atoms with E-state index in [4.69, 9.17) is 5.73 Å². The van der Waals surface area contributed by atoms with Crippen molar-refractivity contribution in [1.29, 1.82) is 0 Å². The van der Waals surface area contributed by atoms with Crippen LogP contribution in [0.15, 0.2) is 16.6 Å². The first-order valence-corrected chi connectivity index (χ1v) is 7.25. The van der Waals surface area contributed by atoms with Crippen molar-refractivity contribution in [3.05, 3.63) is 28.0 Å². The Balaban J connectivity index is 2.15. The van der Waals surface area contributed by atoms with E-state index in [1.54, 1.807) is 0 Å². The van der Waals surface area contributed by atoms with Gasteiger partial charge in [-0.2, -0.15) is 0 Å². The van der Waals surface area contributed by atoms with Crippen LogP contribution < -0.4 is 11.1 Å². The lowest BCUT2D eigenvalue weighted by Crippen LogP contribution is -2.37. The van der Waals surface area contributed by atoms with Crippen molar-refractivity contribution in [3.63, 3.8) is 0 Å². The van der Waals surface area contributed by atoms with Crippen LogP contribution in [0.1, 0.15) is 37.0 Å². The predicted octanol–water partition coefficient (Wildman–Crippen LogP) is 3.33. The molecule has 0 bridgehead atoms. The van der Waals surface area contributed by atoms with Crippen LogP contribution in [0, 0.1) is 17.7 Å². The van der Waals surface area contributed by atoms with Gasteiger partial charge >= 0.3 is 0 Å². The number of rotatable bonds is 2. The van der Waals surface area contributed by atoms with Crippen molar-refractivity contribution in [1.82, 2.24) is 5.32 Å². The molecule has 0 spiro atoms. The first-order chi connectivity index (χ1) is 8.90. The maximum absolute atomic E-state index is 13.3. The second-order valence-corrected chi connectivity index (χ2v) is 6.20. The fraction of sp³-hybridized carbons (Fsp3) is 0.500. The average molecular weight is 329 g/mol. The molecular weight excluding hydrogens is 311 g/mol. The van der Waals surface area contributed by atoms with Gasteiger partial charge in [0.2, 0.25) is 0 Å². The lowest BCUT2D eigenvalue weighted by Gasteiger charge is -2.20. The Labute approximate surface area is 120 Å². The standard InChI is InChI=1S/C14H18BrFN2O/c1-7-3-4-13(8(7)2)18-14(19)9-5-12(17)11(16)6-10(9)15/h5-8,13H,3-4,17H2,1-2H3,(H,18,19). The summed E-state index contributed by atoms with van der Waals surface area (Å²) < 4.78 is 13.7. The van der Waals surface area contributed by atoms with E-state index in [2.05, 4.69) is 35.1 Å². The molecule has 3 atom stereocenters. The van der Waals surface area contributed by atoms with E-state index in [1.165, 1.54) is 12.1 Å². The smallest absolute Gasteiger partial charge is 0.252 e. The number of nitrogen functional groups attached to an aromatic ring is 1. The maximum atomic E-state index is 13.3. The number of nitrogens with two attached hydrogens (primary N) is 1. The molecule has 0 aliphatic heterocycles. The van der Waals surface area contributed by atoms with Crippen molar-refractivity contribution in [3.8, 4) is 0 Å². The van der Waals surface area contributed by atoms with Crippen molar-refractivity contribution in [2.75, 3.05) is 5.73 Å². The molecule has 1 aliphatic carbocycles. The van der Waals surface area contributed by atoms with E-state index in [0.717, 1.165) is 12.8 Å². The molecule has 0 radical (unpaired) electrons. The highest BCUT2D eigenvalue weighted by atomic mass is 79.9. The molecule has 5 heteroatoms. The summed E-state index contributed by atoms with van der Waals surface area (Å²) in [6, 6.07) is 2.78. The van der Waals surface area contributed by atoms with Crippen LogP contribution in [-0.4, -0.2) is 11.9 Å². The lowest BCUT2D eigenvalue weighted by molar-refractivity contribution is 0.0926. The highest BCUT2D eigenvalue weighted by Crippen LogP contribution is 2.31. The normalized spacial score (nSPS) is 26.4. The molecule has 1 saturated carbocycles. The molecule has 1 fully saturated rings. The van der Waals surface area contributed by atoms with E-state index in [1.807, 2.05) is 0 Å². The zero-order valence-corrected chi connectivity index (χ0v) is 12.6. The number of amides is 1. The van der Waals surface area contributed by atoms with Crippen molar-refractivity contribution in [2.24, 2.45) is 11.8 Å². The van der Waals surface area contributed by atoms with Gasteiger partial charge in [0.1, 0.15) is 5.82 Å². The maximum Gasteiger partial charge on any atom is 0.252 e. The van der Waals surface area contributed by atoms with Gasteiger partial charge in [0.25, 0.3) is 5.91 Å². The Morgan fingerprint density at radius 2 is 2.11 bits per heavy atom. The van der Waals surface area contributed by atoms with Crippen LogP contribution in [0.25, 0.3) is 0 Å². The van der Waals surface area contributed by atoms with Crippen LogP contribution >= 0.6 is 15.9 Å². The number of hydrogen-bond acceptors (Lipinski definition) is 2. The number of anilines is 1. The van der Waals surface area contributed by atoms with E-state index >= 15 is 0 Å². The molecule has 3 nitrogen and oxygen atoms in total. The number of nitrogens with one attached hydrogen (secondary N) is 1. The fourth-order valence-electron chi connectivity index (χ4n) is 2.55. The number of carbonyl (C=O) groups is 1. The molecule has 0 heterocycles. The van der Waals surface area contributed by atoms with Gasteiger partial charge in [-0.25, -0.2) is 4.39 Å². The minimum atomic E-state index is -0.522. The molecule has 2 rings (SSSR count). The molecule has 3 unspecified atom stereocenters. The third-order valence-electron chi connectivity index (χ3n) is 4.11. The van der Waals surface area contributed by atoms with Gasteiger partial charge in [-0.05, 0) is 52.7 Å². The molecular formula is C14H18BrFN2O. The zero-order valence-electron chi connectivity index (χ0n) is 11.0. The number of benzene rings is 1. The quantitative estimate of drug-likeness (QED) is 0.818. The molecule has 1 aromatic carbocycles. The average Bonchev–Trinajstić information content (AvgIpc) is 2.65. The van der Waals surface area contributed by atoms with E-state index in [0.29, 0.717) is 21.9 Å². The molecule has 3 N–H and O–H groups in total. The number of hydrogen-bond donors (Lipinski definition) is 2. The molecule has 19 heavy (non-hydrogen) atoms. The van der Waals surface area contributed by atoms with Crippen LogP contribution in [0.4, 0.5) is 10.1 Å². The summed E-state index contributed by atoms with van der Waals surface area (Å²) in [6.45, 7) is 4.35. The van der Waals surface area contributed by atoms with E-state index in [-0.39, 0.29) is 17.6 Å². The highest BCUT2D eigenvalue weighted by Gasteiger charge is 2.31. The van der Waals surface area contributed by atoms with E-state index in [9.17, 15) is 9.18 Å². The Kier molecular flexibility index (Phi) is 4.13. The third kappa shape index (κ3) is 2.91. The predicted molar refractivity (Wildman–Crippen MR) is 77.3 cm³/mol. The summed E-state index contributed by atoms with van der Waals surface area (Å²) in [5.41, 5.74) is 5.88. The Morgan fingerprint density at radius 3 is 2.68 bits per heavy atom. The summed E-state index contributed by atoms with van der Waals surface area (Å²) in [4.78, 5) is 12.2. The summed E-state index contributed by atoms with van der Waals surface area (Å²) in [5, 5.41) is 3.02.